The molecule has 0 aliphatic carbocycles. The van der Waals surface area contributed by atoms with Crippen LogP contribution in [0, 0.1) is 5.92 Å². The highest BCUT2D eigenvalue weighted by Gasteiger charge is 2.06. The third-order valence-corrected chi connectivity index (χ3v) is 2.29. The number of halogens is 1. The molecule has 0 heterocycles. The molecule has 0 radical (unpaired) electrons. The topological polar surface area (TPSA) is 26.3 Å². The standard InChI is InChI=1S/C12H15ClO2/c1-9(2)12(14)6-7-15-11-5-3-4-10(13)8-11/h3-5,8-9H,6-7H2,1-2H3. The minimum Gasteiger partial charge on any atom is -0.493 e. The summed E-state index contributed by atoms with van der Waals surface area (Å²) in [5.74, 6) is 1.00. The van der Waals surface area contributed by atoms with E-state index >= 15 is 0 Å². The van der Waals surface area contributed by atoms with Crippen LogP contribution in [0.5, 0.6) is 5.75 Å². The third kappa shape index (κ3) is 4.34. The van der Waals surface area contributed by atoms with Crippen LogP contribution in [-0.2, 0) is 4.79 Å². The van der Waals surface area contributed by atoms with Gasteiger partial charge in [0.1, 0.15) is 11.5 Å². The molecule has 0 aromatic heterocycles. The molecule has 1 aromatic carbocycles. The van der Waals surface area contributed by atoms with Gasteiger partial charge < -0.3 is 4.74 Å². The fraction of sp³-hybridized carbons (Fsp3) is 0.417. The fourth-order valence-corrected chi connectivity index (χ4v) is 1.30. The van der Waals surface area contributed by atoms with Crippen molar-refractivity contribution in [2.24, 2.45) is 5.92 Å². The van der Waals surface area contributed by atoms with Crippen LogP contribution in [0.2, 0.25) is 5.02 Å². The Morgan fingerprint density at radius 1 is 1.47 bits per heavy atom. The number of ketones is 1. The van der Waals surface area contributed by atoms with Crippen molar-refractivity contribution in [3.8, 4) is 5.75 Å². The maximum atomic E-state index is 11.3. The van der Waals surface area contributed by atoms with Crippen molar-refractivity contribution < 1.29 is 9.53 Å². The summed E-state index contributed by atoms with van der Waals surface area (Å²) in [4.78, 5) is 11.3. The quantitative estimate of drug-likeness (QED) is 0.770. The predicted octanol–water partition coefficient (Wildman–Crippen LogP) is 3.33. The summed E-state index contributed by atoms with van der Waals surface area (Å²) in [5, 5.41) is 0.641. The minimum absolute atomic E-state index is 0.0768. The second-order valence-corrected chi connectivity index (χ2v) is 4.11. The summed E-state index contributed by atoms with van der Waals surface area (Å²) in [6, 6.07) is 7.17. The Labute approximate surface area is 95.2 Å². The molecule has 0 saturated carbocycles. The van der Waals surface area contributed by atoms with Crippen LogP contribution in [0.25, 0.3) is 0 Å². The lowest BCUT2D eigenvalue weighted by Crippen LogP contribution is -2.11. The van der Waals surface area contributed by atoms with E-state index in [0.29, 0.717) is 23.8 Å². The summed E-state index contributed by atoms with van der Waals surface area (Å²) in [6.45, 7) is 4.20. The molecule has 0 saturated heterocycles. The number of benzene rings is 1. The lowest BCUT2D eigenvalue weighted by Gasteiger charge is -2.07. The zero-order chi connectivity index (χ0) is 11.3. The van der Waals surface area contributed by atoms with E-state index < -0.39 is 0 Å². The van der Waals surface area contributed by atoms with Gasteiger partial charge in [-0.2, -0.15) is 0 Å². The number of carbonyl (C=O) groups excluding carboxylic acids is 1. The first-order valence-electron chi connectivity index (χ1n) is 5.00. The van der Waals surface area contributed by atoms with Gasteiger partial charge in [0.25, 0.3) is 0 Å². The van der Waals surface area contributed by atoms with Gasteiger partial charge in [-0.05, 0) is 18.2 Å². The van der Waals surface area contributed by atoms with Crippen LogP contribution in [0.15, 0.2) is 24.3 Å². The van der Waals surface area contributed by atoms with E-state index in [9.17, 15) is 4.79 Å². The van der Waals surface area contributed by atoms with E-state index in [1.165, 1.54) is 0 Å². The van der Waals surface area contributed by atoms with Crippen LogP contribution in [0.3, 0.4) is 0 Å². The summed E-state index contributed by atoms with van der Waals surface area (Å²) in [6.07, 6.45) is 0.449. The number of rotatable bonds is 5. The number of Topliss-reactive ketones (excluding diaryl/α,β-unsaturated/α-hetero) is 1. The van der Waals surface area contributed by atoms with Crippen LogP contribution in [0.1, 0.15) is 20.3 Å². The Kier molecular flexibility index (Phi) is 4.63. The summed E-state index contributed by atoms with van der Waals surface area (Å²) < 4.78 is 5.40. The smallest absolute Gasteiger partial charge is 0.138 e. The monoisotopic (exact) mass is 226 g/mol. The van der Waals surface area contributed by atoms with E-state index in [1.807, 2.05) is 26.0 Å². The van der Waals surface area contributed by atoms with Crippen LogP contribution >= 0.6 is 11.6 Å². The first kappa shape index (κ1) is 12.1. The highest BCUT2D eigenvalue weighted by molar-refractivity contribution is 6.30. The van der Waals surface area contributed by atoms with Crippen LogP contribution < -0.4 is 4.74 Å². The molecule has 2 nitrogen and oxygen atoms in total. The fourth-order valence-electron chi connectivity index (χ4n) is 1.11. The zero-order valence-corrected chi connectivity index (χ0v) is 9.75. The van der Waals surface area contributed by atoms with Crippen molar-refractivity contribution in [1.29, 1.82) is 0 Å². The Morgan fingerprint density at radius 2 is 2.20 bits per heavy atom. The Balaban J connectivity index is 2.35. The Morgan fingerprint density at radius 3 is 2.80 bits per heavy atom. The number of carbonyl (C=O) groups is 1. The Bertz CT molecular complexity index is 334. The predicted molar refractivity (Wildman–Crippen MR) is 61.4 cm³/mol. The summed E-state index contributed by atoms with van der Waals surface area (Å²) >= 11 is 5.79. The molecular weight excluding hydrogens is 212 g/mol. The highest BCUT2D eigenvalue weighted by atomic mass is 35.5. The van der Waals surface area contributed by atoms with Crippen LogP contribution in [0.4, 0.5) is 0 Å². The summed E-state index contributed by atoms with van der Waals surface area (Å²) in [5.41, 5.74) is 0. The molecule has 0 bridgehead atoms. The molecule has 1 aromatic rings. The minimum atomic E-state index is 0.0768. The average molecular weight is 227 g/mol. The molecule has 0 N–H and O–H groups in total. The van der Waals surface area contributed by atoms with Gasteiger partial charge in [-0.15, -0.1) is 0 Å². The maximum absolute atomic E-state index is 11.3. The summed E-state index contributed by atoms with van der Waals surface area (Å²) in [7, 11) is 0. The van der Waals surface area contributed by atoms with Crippen LogP contribution in [-0.4, -0.2) is 12.4 Å². The lowest BCUT2D eigenvalue weighted by molar-refractivity contribution is -0.122. The molecule has 1 rings (SSSR count). The van der Waals surface area contributed by atoms with Gasteiger partial charge in [-0.1, -0.05) is 31.5 Å². The first-order chi connectivity index (χ1) is 7.09. The average Bonchev–Trinajstić information content (AvgIpc) is 2.17. The normalized spacial score (nSPS) is 10.4. The van der Waals surface area contributed by atoms with Crippen molar-refractivity contribution in [3.63, 3.8) is 0 Å². The molecule has 3 heteroatoms. The molecule has 82 valence electrons. The van der Waals surface area contributed by atoms with E-state index in [4.69, 9.17) is 16.3 Å². The van der Waals surface area contributed by atoms with Crippen molar-refractivity contribution in [2.45, 2.75) is 20.3 Å². The molecule has 0 unspecified atom stereocenters. The molecule has 0 amide bonds. The Hall–Kier alpha value is -1.02. The van der Waals surface area contributed by atoms with E-state index in [2.05, 4.69) is 0 Å². The SMILES string of the molecule is CC(C)C(=O)CCOc1cccc(Cl)c1. The van der Waals surface area contributed by atoms with E-state index in [1.54, 1.807) is 12.1 Å². The second kappa shape index (κ2) is 5.76. The third-order valence-electron chi connectivity index (χ3n) is 2.06. The van der Waals surface area contributed by atoms with Gasteiger partial charge in [0, 0.05) is 17.4 Å². The van der Waals surface area contributed by atoms with Gasteiger partial charge >= 0.3 is 0 Å². The van der Waals surface area contributed by atoms with E-state index in [0.717, 1.165) is 0 Å². The van der Waals surface area contributed by atoms with Gasteiger partial charge in [0.15, 0.2) is 0 Å². The van der Waals surface area contributed by atoms with Gasteiger partial charge in [-0.3, -0.25) is 4.79 Å². The van der Waals surface area contributed by atoms with Gasteiger partial charge in [0.2, 0.25) is 0 Å². The van der Waals surface area contributed by atoms with Crippen molar-refractivity contribution in [3.05, 3.63) is 29.3 Å². The largest absolute Gasteiger partial charge is 0.493 e. The molecule has 0 aliphatic heterocycles. The molecule has 0 atom stereocenters. The number of hydrogen-bond acceptors (Lipinski definition) is 2. The zero-order valence-electron chi connectivity index (χ0n) is 9.00. The second-order valence-electron chi connectivity index (χ2n) is 3.68. The molecule has 0 spiro atoms. The van der Waals surface area contributed by atoms with E-state index in [-0.39, 0.29) is 11.7 Å². The molecule has 0 fully saturated rings. The van der Waals surface area contributed by atoms with Gasteiger partial charge in [0.05, 0.1) is 6.61 Å². The van der Waals surface area contributed by atoms with Gasteiger partial charge in [-0.25, -0.2) is 0 Å². The van der Waals surface area contributed by atoms with Crippen molar-refractivity contribution in [2.75, 3.05) is 6.61 Å². The van der Waals surface area contributed by atoms with Crippen molar-refractivity contribution in [1.82, 2.24) is 0 Å². The highest BCUT2D eigenvalue weighted by Crippen LogP contribution is 2.17. The van der Waals surface area contributed by atoms with Crippen molar-refractivity contribution >= 4 is 17.4 Å². The number of hydrogen-bond donors (Lipinski definition) is 0. The molecule has 15 heavy (non-hydrogen) atoms. The maximum Gasteiger partial charge on any atom is 0.138 e. The lowest BCUT2D eigenvalue weighted by atomic mass is 10.1. The first-order valence-corrected chi connectivity index (χ1v) is 5.38. The number of ether oxygens (including phenoxy) is 1. The molecule has 0 aliphatic rings. The molecular formula is C12H15ClO2.